The van der Waals surface area contributed by atoms with Crippen molar-refractivity contribution in [3.63, 3.8) is 0 Å². The molecule has 1 aromatic heterocycles. The van der Waals surface area contributed by atoms with E-state index in [0.717, 1.165) is 11.1 Å². The predicted molar refractivity (Wildman–Crippen MR) is 45.1 cm³/mol. The molecule has 0 aromatic carbocycles. The Bertz CT molecular complexity index is 297. The number of halogens is 1. The van der Waals surface area contributed by atoms with Crippen molar-refractivity contribution in [3.8, 4) is 0 Å². The Morgan fingerprint density at radius 1 is 1.67 bits per heavy atom. The maximum Gasteiger partial charge on any atom is 0.213 e. The zero-order chi connectivity index (χ0) is 8.97. The molecule has 12 heavy (non-hydrogen) atoms. The first-order valence-electron chi connectivity index (χ1n) is 3.63. The summed E-state index contributed by atoms with van der Waals surface area (Å²) in [4.78, 5) is 3.48. The van der Waals surface area contributed by atoms with Gasteiger partial charge in [-0.25, -0.2) is 4.98 Å². The molecule has 2 nitrogen and oxygen atoms in total. The molecule has 3 heteroatoms. The van der Waals surface area contributed by atoms with Gasteiger partial charge in [-0.2, -0.15) is 4.39 Å². The van der Waals surface area contributed by atoms with E-state index in [-0.39, 0.29) is 6.61 Å². The summed E-state index contributed by atoms with van der Waals surface area (Å²) in [5, 5.41) is 8.49. The first-order valence-corrected chi connectivity index (χ1v) is 3.63. The van der Waals surface area contributed by atoms with Crippen LogP contribution >= 0.6 is 0 Å². The predicted octanol–water partition coefficient (Wildman–Crippen LogP) is 1.53. The van der Waals surface area contributed by atoms with Gasteiger partial charge in [-0.05, 0) is 18.1 Å². The number of aliphatic hydroxyl groups is 1. The Balaban J connectivity index is 2.97. The summed E-state index contributed by atoms with van der Waals surface area (Å²) in [5.74, 6) is -0.502. The lowest BCUT2D eigenvalue weighted by atomic mass is 10.1. The summed E-state index contributed by atoms with van der Waals surface area (Å²) in [6, 6.07) is 1.33. The number of aliphatic hydroxyl groups excluding tert-OH is 1. The molecule has 0 saturated heterocycles. The molecule has 0 spiro atoms. The molecule has 1 aromatic rings. The van der Waals surface area contributed by atoms with Crippen molar-refractivity contribution < 1.29 is 9.50 Å². The van der Waals surface area contributed by atoms with Crippen molar-refractivity contribution in [1.29, 1.82) is 0 Å². The zero-order valence-corrected chi connectivity index (χ0v) is 6.79. The van der Waals surface area contributed by atoms with Gasteiger partial charge in [0.05, 0.1) is 6.61 Å². The average Bonchev–Trinajstić information content (AvgIpc) is 2.07. The lowest BCUT2D eigenvalue weighted by Crippen LogP contribution is -1.87. The van der Waals surface area contributed by atoms with Crippen LogP contribution in [0, 0.1) is 12.9 Å². The lowest BCUT2D eigenvalue weighted by Gasteiger charge is -1.97. The number of hydrogen-bond acceptors (Lipinski definition) is 2. The van der Waals surface area contributed by atoms with E-state index in [1.807, 2.05) is 6.92 Å². The maximum absolute atomic E-state index is 12.6. The van der Waals surface area contributed by atoms with Crippen LogP contribution in [-0.4, -0.2) is 16.7 Å². The topological polar surface area (TPSA) is 33.1 Å². The number of pyridine rings is 1. The third kappa shape index (κ3) is 2.13. The van der Waals surface area contributed by atoms with Gasteiger partial charge >= 0.3 is 0 Å². The molecule has 0 bridgehead atoms. The van der Waals surface area contributed by atoms with E-state index >= 15 is 0 Å². The minimum absolute atomic E-state index is 0.0383. The fourth-order valence-electron chi connectivity index (χ4n) is 0.872. The molecule has 1 rings (SSSR count). The van der Waals surface area contributed by atoms with Crippen LogP contribution < -0.4 is 0 Å². The summed E-state index contributed by atoms with van der Waals surface area (Å²) in [7, 11) is 0. The third-order valence-electron chi connectivity index (χ3n) is 1.51. The molecule has 1 heterocycles. The Morgan fingerprint density at radius 2 is 2.42 bits per heavy atom. The first-order chi connectivity index (χ1) is 5.74. The van der Waals surface area contributed by atoms with Crippen LogP contribution in [0.1, 0.15) is 11.1 Å². The van der Waals surface area contributed by atoms with Crippen molar-refractivity contribution in [2.75, 3.05) is 6.61 Å². The van der Waals surface area contributed by atoms with Crippen molar-refractivity contribution >= 4 is 6.08 Å². The Hall–Kier alpha value is -1.22. The van der Waals surface area contributed by atoms with Crippen LogP contribution in [0.4, 0.5) is 4.39 Å². The SMILES string of the molecule is Cc1cnc(F)cc1C=CCO. The van der Waals surface area contributed by atoms with E-state index < -0.39 is 5.95 Å². The summed E-state index contributed by atoms with van der Waals surface area (Å²) < 4.78 is 12.6. The zero-order valence-electron chi connectivity index (χ0n) is 6.79. The number of hydrogen-bond donors (Lipinski definition) is 1. The van der Waals surface area contributed by atoms with Gasteiger partial charge in [0.1, 0.15) is 0 Å². The maximum atomic E-state index is 12.6. The van der Waals surface area contributed by atoms with Crippen LogP contribution in [-0.2, 0) is 0 Å². The monoisotopic (exact) mass is 167 g/mol. The quantitative estimate of drug-likeness (QED) is 0.677. The molecule has 1 N–H and O–H groups in total. The third-order valence-corrected chi connectivity index (χ3v) is 1.51. The number of aryl methyl sites for hydroxylation is 1. The molecule has 0 unspecified atom stereocenters. The van der Waals surface area contributed by atoms with Crippen LogP contribution in [0.15, 0.2) is 18.3 Å². The van der Waals surface area contributed by atoms with E-state index in [2.05, 4.69) is 4.98 Å². The summed E-state index contributed by atoms with van der Waals surface area (Å²) in [5.41, 5.74) is 1.64. The van der Waals surface area contributed by atoms with Gasteiger partial charge in [-0.15, -0.1) is 0 Å². The molecular weight excluding hydrogens is 157 g/mol. The Labute approximate surface area is 70.4 Å². The van der Waals surface area contributed by atoms with Crippen LogP contribution in [0.2, 0.25) is 0 Å². The van der Waals surface area contributed by atoms with E-state index in [1.54, 1.807) is 12.2 Å². The Kier molecular flexibility index (Phi) is 2.94. The lowest BCUT2D eigenvalue weighted by molar-refractivity contribution is 0.343. The molecule has 0 aliphatic heterocycles. The smallest absolute Gasteiger partial charge is 0.213 e. The van der Waals surface area contributed by atoms with Gasteiger partial charge in [-0.1, -0.05) is 12.2 Å². The van der Waals surface area contributed by atoms with Crippen molar-refractivity contribution in [3.05, 3.63) is 35.4 Å². The molecule has 0 aliphatic rings. The van der Waals surface area contributed by atoms with Gasteiger partial charge in [0.2, 0.25) is 5.95 Å². The van der Waals surface area contributed by atoms with Gasteiger partial charge < -0.3 is 5.11 Å². The van der Waals surface area contributed by atoms with Gasteiger partial charge in [0, 0.05) is 12.3 Å². The van der Waals surface area contributed by atoms with Crippen molar-refractivity contribution in [2.24, 2.45) is 0 Å². The number of nitrogens with zero attached hydrogens (tertiary/aromatic N) is 1. The fraction of sp³-hybridized carbons (Fsp3) is 0.222. The first kappa shape index (κ1) is 8.87. The molecule has 0 aliphatic carbocycles. The van der Waals surface area contributed by atoms with E-state index in [9.17, 15) is 4.39 Å². The highest BCUT2D eigenvalue weighted by Gasteiger charge is 1.96. The summed E-state index contributed by atoms with van der Waals surface area (Å²) in [6.07, 6.45) is 4.69. The molecule has 0 fully saturated rings. The largest absolute Gasteiger partial charge is 0.392 e. The Morgan fingerprint density at radius 3 is 3.08 bits per heavy atom. The van der Waals surface area contributed by atoms with Crippen molar-refractivity contribution in [1.82, 2.24) is 4.98 Å². The average molecular weight is 167 g/mol. The normalized spacial score (nSPS) is 10.9. The second-order valence-corrected chi connectivity index (χ2v) is 2.45. The van der Waals surface area contributed by atoms with Gasteiger partial charge in [-0.3, -0.25) is 0 Å². The molecule has 0 atom stereocenters. The second-order valence-electron chi connectivity index (χ2n) is 2.45. The van der Waals surface area contributed by atoms with Gasteiger partial charge in [0.25, 0.3) is 0 Å². The second kappa shape index (κ2) is 3.97. The highest BCUT2D eigenvalue weighted by Crippen LogP contribution is 2.09. The summed E-state index contributed by atoms with van der Waals surface area (Å²) >= 11 is 0. The highest BCUT2D eigenvalue weighted by atomic mass is 19.1. The minimum Gasteiger partial charge on any atom is -0.392 e. The van der Waals surface area contributed by atoms with E-state index in [1.165, 1.54) is 12.3 Å². The highest BCUT2D eigenvalue weighted by molar-refractivity contribution is 5.52. The number of aromatic nitrogens is 1. The standard InChI is InChI=1S/C9H10FNO/c1-7-6-11-9(10)5-8(7)3-2-4-12/h2-3,5-6,12H,4H2,1H3. The molecule has 0 saturated carbocycles. The van der Waals surface area contributed by atoms with Crippen molar-refractivity contribution in [2.45, 2.75) is 6.92 Å². The minimum atomic E-state index is -0.502. The molecule has 0 radical (unpaired) electrons. The molecular formula is C9H10FNO. The van der Waals surface area contributed by atoms with E-state index in [4.69, 9.17) is 5.11 Å². The summed E-state index contributed by atoms with van der Waals surface area (Å²) in [6.45, 7) is 1.80. The van der Waals surface area contributed by atoms with E-state index in [0.29, 0.717) is 0 Å². The van der Waals surface area contributed by atoms with Crippen LogP contribution in [0.3, 0.4) is 0 Å². The van der Waals surface area contributed by atoms with Crippen LogP contribution in [0.5, 0.6) is 0 Å². The van der Waals surface area contributed by atoms with Crippen LogP contribution in [0.25, 0.3) is 6.08 Å². The molecule has 64 valence electrons. The number of rotatable bonds is 2. The van der Waals surface area contributed by atoms with Gasteiger partial charge in [0.15, 0.2) is 0 Å². The molecule has 0 amide bonds. The fourth-order valence-corrected chi connectivity index (χ4v) is 0.872.